The number of hydrogen-bond acceptors (Lipinski definition) is 6. The van der Waals surface area contributed by atoms with Crippen LogP contribution in [-0.2, 0) is 27.2 Å². The van der Waals surface area contributed by atoms with E-state index >= 15 is 0 Å². The Hall–Kier alpha value is -2.56. The van der Waals surface area contributed by atoms with Crippen LogP contribution < -0.4 is 10.1 Å². The van der Waals surface area contributed by atoms with Crippen molar-refractivity contribution in [1.29, 1.82) is 5.26 Å². The molecule has 3 rings (SSSR count). The van der Waals surface area contributed by atoms with Gasteiger partial charge in [0.05, 0.1) is 5.56 Å². The Morgan fingerprint density at radius 2 is 2.07 bits per heavy atom. The Balaban J connectivity index is 1.49. The lowest BCUT2D eigenvalue weighted by atomic mass is 9.96. The quantitative estimate of drug-likeness (QED) is 0.741. The molecule has 0 aliphatic heterocycles. The highest BCUT2D eigenvalue weighted by Crippen LogP contribution is 2.37. The summed E-state index contributed by atoms with van der Waals surface area (Å²) in [6.07, 6.45) is 3.94. The Kier molecular flexibility index (Phi) is 6.32. The van der Waals surface area contributed by atoms with E-state index in [1.807, 2.05) is 0 Å². The second-order valence-electron chi connectivity index (χ2n) is 5.98. The maximum Gasteiger partial charge on any atom is 0.344 e. The molecule has 0 atom stereocenters. The topological polar surface area (TPSA) is 88.4 Å². The van der Waals surface area contributed by atoms with Crippen molar-refractivity contribution in [3.8, 4) is 11.8 Å². The highest BCUT2D eigenvalue weighted by atomic mass is 35.5. The molecule has 27 heavy (non-hydrogen) atoms. The number of halogens is 1. The fraction of sp³-hybridized carbons (Fsp3) is 0.316. The van der Waals surface area contributed by atoms with Crippen molar-refractivity contribution in [2.75, 3.05) is 18.5 Å². The number of ether oxygens (including phenoxy) is 2. The van der Waals surface area contributed by atoms with Crippen molar-refractivity contribution in [1.82, 2.24) is 0 Å². The van der Waals surface area contributed by atoms with Crippen LogP contribution >= 0.6 is 22.9 Å². The lowest BCUT2D eigenvalue weighted by Crippen LogP contribution is -2.23. The largest absolute Gasteiger partial charge is 0.482 e. The summed E-state index contributed by atoms with van der Waals surface area (Å²) in [4.78, 5) is 25.0. The number of hydrogen-bond donors (Lipinski definition) is 1. The van der Waals surface area contributed by atoms with Crippen LogP contribution in [0.25, 0.3) is 0 Å². The number of nitrogens with one attached hydrogen (secondary N) is 1. The first-order valence-corrected chi connectivity index (χ1v) is 9.64. The van der Waals surface area contributed by atoms with Gasteiger partial charge >= 0.3 is 5.97 Å². The Morgan fingerprint density at radius 3 is 2.85 bits per heavy atom. The molecule has 140 valence electrons. The number of esters is 1. The highest BCUT2D eigenvalue weighted by Gasteiger charge is 2.22. The van der Waals surface area contributed by atoms with Gasteiger partial charge in [0.15, 0.2) is 13.2 Å². The number of fused-ring (bicyclic) bond motifs is 1. The number of carbonyl (C=O) groups excluding carboxylic acids is 2. The number of rotatable bonds is 6. The van der Waals surface area contributed by atoms with Gasteiger partial charge in [-0.2, -0.15) is 5.26 Å². The van der Waals surface area contributed by atoms with E-state index in [-0.39, 0.29) is 6.61 Å². The number of benzene rings is 1. The normalized spacial score (nSPS) is 12.6. The number of nitriles is 1. The maximum atomic E-state index is 12.1. The zero-order valence-corrected chi connectivity index (χ0v) is 16.0. The van der Waals surface area contributed by atoms with E-state index in [4.69, 9.17) is 21.1 Å². The minimum atomic E-state index is -0.670. The average Bonchev–Trinajstić information content (AvgIpc) is 3.01. The SMILES string of the molecule is N#Cc1c(NC(=O)COC(=O)COc2cccc(Cl)c2)sc2c1CCCC2. The lowest BCUT2D eigenvalue weighted by Gasteiger charge is -2.09. The van der Waals surface area contributed by atoms with Gasteiger partial charge in [-0.05, 0) is 49.4 Å². The molecule has 8 heteroatoms. The molecule has 0 saturated heterocycles. The van der Waals surface area contributed by atoms with Crippen LogP contribution in [0.4, 0.5) is 5.00 Å². The van der Waals surface area contributed by atoms with Gasteiger partial charge in [-0.3, -0.25) is 4.79 Å². The summed E-state index contributed by atoms with van der Waals surface area (Å²) in [6.45, 7) is -0.768. The molecule has 1 amide bonds. The van der Waals surface area contributed by atoms with Gasteiger partial charge in [-0.1, -0.05) is 17.7 Å². The van der Waals surface area contributed by atoms with Gasteiger partial charge in [0.25, 0.3) is 5.91 Å². The third kappa shape index (κ3) is 5.00. The number of thiophene rings is 1. The van der Waals surface area contributed by atoms with Crippen molar-refractivity contribution in [2.45, 2.75) is 25.7 Å². The summed E-state index contributed by atoms with van der Waals surface area (Å²) in [5.74, 6) is -0.718. The van der Waals surface area contributed by atoms with Gasteiger partial charge in [-0.15, -0.1) is 11.3 Å². The molecule has 6 nitrogen and oxygen atoms in total. The van der Waals surface area contributed by atoms with Crippen molar-refractivity contribution >= 4 is 39.8 Å². The monoisotopic (exact) mass is 404 g/mol. The molecule has 1 aliphatic rings. The first kappa shape index (κ1) is 19.2. The predicted octanol–water partition coefficient (Wildman–Crippen LogP) is 3.71. The van der Waals surface area contributed by atoms with Crippen LogP contribution in [0.2, 0.25) is 5.02 Å². The summed E-state index contributed by atoms with van der Waals surface area (Å²) in [7, 11) is 0. The summed E-state index contributed by atoms with van der Waals surface area (Å²) in [5, 5.41) is 13.1. The summed E-state index contributed by atoms with van der Waals surface area (Å²) in [6, 6.07) is 8.80. The highest BCUT2D eigenvalue weighted by molar-refractivity contribution is 7.16. The first-order valence-electron chi connectivity index (χ1n) is 8.45. The molecule has 0 saturated carbocycles. The zero-order valence-electron chi connectivity index (χ0n) is 14.4. The molecular weight excluding hydrogens is 388 g/mol. The van der Waals surface area contributed by atoms with E-state index in [1.165, 1.54) is 11.3 Å². The molecule has 1 aliphatic carbocycles. The molecule has 0 spiro atoms. The van der Waals surface area contributed by atoms with Crippen LogP contribution in [0, 0.1) is 11.3 Å². The van der Waals surface area contributed by atoms with Crippen LogP contribution in [0.3, 0.4) is 0 Å². The van der Waals surface area contributed by atoms with Crippen LogP contribution in [0.15, 0.2) is 24.3 Å². The third-order valence-corrected chi connectivity index (χ3v) is 5.50. The molecule has 1 aromatic heterocycles. The smallest absolute Gasteiger partial charge is 0.344 e. The van der Waals surface area contributed by atoms with Crippen molar-refractivity contribution in [3.05, 3.63) is 45.3 Å². The molecule has 2 aromatic rings. The molecule has 0 unspecified atom stereocenters. The lowest BCUT2D eigenvalue weighted by molar-refractivity contribution is -0.149. The van der Waals surface area contributed by atoms with E-state index in [9.17, 15) is 14.9 Å². The molecule has 0 bridgehead atoms. The average molecular weight is 405 g/mol. The van der Waals surface area contributed by atoms with Crippen LogP contribution in [-0.4, -0.2) is 25.1 Å². The second kappa shape index (κ2) is 8.89. The van der Waals surface area contributed by atoms with Gasteiger partial charge in [-0.25, -0.2) is 4.79 Å². The number of carbonyl (C=O) groups is 2. The maximum absolute atomic E-state index is 12.1. The van der Waals surface area contributed by atoms with Gasteiger partial charge in [0, 0.05) is 9.90 Å². The fourth-order valence-electron chi connectivity index (χ4n) is 2.82. The van der Waals surface area contributed by atoms with Gasteiger partial charge in [0.1, 0.15) is 16.8 Å². The predicted molar refractivity (Wildman–Crippen MR) is 102 cm³/mol. The van der Waals surface area contributed by atoms with Crippen LogP contribution in [0.1, 0.15) is 28.8 Å². The van der Waals surface area contributed by atoms with Crippen molar-refractivity contribution in [2.24, 2.45) is 0 Å². The summed E-state index contributed by atoms with van der Waals surface area (Å²) >= 11 is 7.26. The standard InChI is InChI=1S/C19H17ClN2O4S/c20-12-4-3-5-13(8-12)25-11-18(24)26-10-17(23)22-19-15(9-21)14-6-1-2-7-16(14)27-19/h3-5,8H,1-2,6-7,10-11H2,(H,22,23). The molecule has 0 radical (unpaired) electrons. The van der Waals surface area contributed by atoms with Crippen molar-refractivity contribution < 1.29 is 19.1 Å². The zero-order chi connectivity index (χ0) is 19.2. The van der Waals surface area contributed by atoms with Crippen molar-refractivity contribution in [3.63, 3.8) is 0 Å². The van der Waals surface area contributed by atoms with E-state index in [2.05, 4.69) is 11.4 Å². The van der Waals surface area contributed by atoms with E-state index in [0.717, 1.165) is 36.1 Å². The summed E-state index contributed by atoms with van der Waals surface area (Å²) in [5.41, 5.74) is 1.56. The molecule has 0 fully saturated rings. The third-order valence-electron chi connectivity index (χ3n) is 4.05. The number of aryl methyl sites for hydroxylation is 1. The molecule has 1 heterocycles. The number of amides is 1. The first-order chi connectivity index (χ1) is 13.1. The Bertz CT molecular complexity index is 904. The second-order valence-corrected chi connectivity index (χ2v) is 7.52. The number of nitrogens with zero attached hydrogens (tertiary/aromatic N) is 1. The minimum Gasteiger partial charge on any atom is -0.482 e. The Labute approximate surface area is 165 Å². The van der Waals surface area contributed by atoms with Crippen LogP contribution in [0.5, 0.6) is 5.75 Å². The van der Waals surface area contributed by atoms with E-state index in [1.54, 1.807) is 24.3 Å². The number of anilines is 1. The Morgan fingerprint density at radius 1 is 1.26 bits per heavy atom. The molecule has 1 N–H and O–H groups in total. The molecule has 1 aromatic carbocycles. The minimum absolute atomic E-state index is 0.329. The van der Waals surface area contributed by atoms with Gasteiger partial charge < -0.3 is 14.8 Å². The van der Waals surface area contributed by atoms with E-state index < -0.39 is 18.5 Å². The molecular formula is C19H17ClN2O4S. The fourth-order valence-corrected chi connectivity index (χ4v) is 4.26. The summed E-state index contributed by atoms with van der Waals surface area (Å²) < 4.78 is 10.2. The van der Waals surface area contributed by atoms with Gasteiger partial charge in [0.2, 0.25) is 0 Å². The van der Waals surface area contributed by atoms with E-state index in [0.29, 0.717) is 21.3 Å².